The molecule has 1 aliphatic rings. The summed E-state index contributed by atoms with van der Waals surface area (Å²) in [7, 11) is 3.67. The lowest BCUT2D eigenvalue weighted by Crippen LogP contribution is -2.60. The van der Waals surface area contributed by atoms with E-state index >= 15 is 0 Å². The third-order valence-electron chi connectivity index (χ3n) is 11.6. The van der Waals surface area contributed by atoms with Crippen molar-refractivity contribution < 1.29 is 38.6 Å². The SMILES string of the molecule is CC[C@H](C)[C@H](NC(=O)[C@@]1(C)CCCN1C)C(=O)N(C)[C@H](C[C@@H](NC(=O)CCOCCOCCN)c1nc(C(=O)N[C@@H](Cc2ccccc2)C[C@H](C)C(=O)O)cs1)C(C)C. The molecule has 59 heavy (non-hydrogen) atoms. The van der Waals surface area contributed by atoms with Crippen LogP contribution in [0.4, 0.5) is 0 Å². The molecular weight excluding hydrogens is 775 g/mol. The Morgan fingerprint density at radius 2 is 1.68 bits per heavy atom. The van der Waals surface area contributed by atoms with E-state index in [2.05, 4.69) is 16.0 Å². The van der Waals surface area contributed by atoms with Crippen LogP contribution in [0, 0.1) is 17.8 Å². The molecule has 2 aromatic rings. The monoisotopic (exact) mass is 843 g/mol. The van der Waals surface area contributed by atoms with E-state index < -0.39 is 47.5 Å². The standard InChI is InChI=1S/C43H69N7O8S/c1-9-29(4)37(48-42(56)43(6)17-13-19-49(43)7)40(53)50(8)35(28(2)3)26-33(46-36(51)16-20-57-22-23-58-21-18-44)39-47-34(27-59-39)38(52)45-32(24-30(5)41(54)55)25-31-14-11-10-12-15-31/h10-12,14-15,27-30,32-33,35,37H,9,13,16-26,44H2,1-8H3,(H,45,52)(H,46,51)(H,48,56)(H,54,55)/t29-,30-,32+,33+,35+,37-,43+/m0/s1. The number of amides is 4. The third kappa shape index (κ3) is 14.9. The van der Waals surface area contributed by atoms with E-state index in [4.69, 9.17) is 20.2 Å². The van der Waals surface area contributed by atoms with Crippen molar-refractivity contribution in [2.24, 2.45) is 23.5 Å². The zero-order valence-electron chi connectivity index (χ0n) is 36.3. The molecule has 7 atom stereocenters. The summed E-state index contributed by atoms with van der Waals surface area (Å²) < 4.78 is 11.0. The van der Waals surface area contributed by atoms with Crippen LogP contribution < -0.4 is 21.7 Å². The van der Waals surface area contributed by atoms with Gasteiger partial charge >= 0.3 is 5.97 Å². The fraction of sp³-hybridized carbons (Fsp3) is 0.674. The number of carboxylic acid groups (broad SMARTS) is 1. The van der Waals surface area contributed by atoms with Crippen LogP contribution in [0.25, 0.3) is 0 Å². The summed E-state index contributed by atoms with van der Waals surface area (Å²) in [6.07, 6.45) is 3.28. The molecule has 330 valence electrons. The van der Waals surface area contributed by atoms with E-state index in [0.29, 0.717) is 50.6 Å². The number of likely N-dealkylation sites (N-methyl/N-ethyl adjacent to an activating group) is 2. The first-order valence-electron chi connectivity index (χ1n) is 21.0. The molecule has 1 aromatic heterocycles. The number of aliphatic carboxylic acids is 1. The normalized spacial score (nSPS) is 18.7. The summed E-state index contributed by atoms with van der Waals surface area (Å²) >= 11 is 1.22. The van der Waals surface area contributed by atoms with Crippen LogP contribution in [0.1, 0.15) is 107 Å². The van der Waals surface area contributed by atoms with Gasteiger partial charge in [0.2, 0.25) is 17.7 Å². The minimum Gasteiger partial charge on any atom is -0.481 e. The molecule has 1 saturated heterocycles. The number of likely N-dealkylation sites (tertiary alicyclic amines) is 1. The van der Waals surface area contributed by atoms with Gasteiger partial charge in [-0.25, -0.2) is 4.98 Å². The lowest BCUT2D eigenvalue weighted by Gasteiger charge is -2.39. The number of carboxylic acids is 1. The summed E-state index contributed by atoms with van der Waals surface area (Å²) in [6.45, 7) is 14.0. The summed E-state index contributed by atoms with van der Waals surface area (Å²) in [5.74, 6) is -2.98. The van der Waals surface area contributed by atoms with Crippen LogP contribution in [0.2, 0.25) is 0 Å². The first-order valence-corrected chi connectivity index (χ1v) is 21.9. The van der Waals surface area contributed by atoms with Gasteiger partial charge in [-0.15, -0.1) is 11.3 Å². The summed E-state index contributed by atoms with van der Waals surface area (Å²) in [5, 5.41) is 21.0. The van der Waals surface area contributed by atoms with E-state index in [1.54, 1.807) is 24.3 Å². The first-order chi connectivity index (χ1) is 28.0. The predicted octanol–water partition coefficient (Wildman–Crippen LogP) is 4.02. The molecule has 6 N–H and O–H groups in total. The van der Waals surface area contributed by atoms with Crippen molar-refractivity contribution in [3.63, 3.8) is 0 Å². The number of nitrogens with two attached hydrogens (primary N) is 1. The van der Waals surface area contributed by atoms with E-state index in [0.717, 1.165) is 18.5 Å². The van der Waals surface area contributed by atoms with Crippen LogP contribution >= 0.6 is 11.3 Å². The second-order valence-electron chi connectivity index (χ2n) is 16.4. The zero-order chi connectivity index (χ0) is 43.7. The Morgan fingerprint density at radius 3 is 2.27 bits per heavy atom. The molecule has 0 spiro atoms. The van der Waals surface area contributed by atoms with Gasteiger partial charge in [0.05, 0.1) is 43.9 Å². The molecule has 16 heteroatoms. The summed E-state index contributed by atoms with van der Waals surface area (Å²) in [4.78, 5) is 75.6. The lowest BCUT2D eigenvalue weighted by atomic mass is 9.91. The third-order valence-corrected chi connectivity index (χ3v) is 12.5. The van der Waals surface area contributed by atoms with Crippen molar-refractivity contribution in [2.45, 2.75) is 116 Å². The molecule has 0 bridgehead atoms. The van der Waals surface area contributed by atoms with Crippen LogP contribution in [-0.4, -0.2) is 127 Å². The van der Waals surface area contributed by atoms with E-state index in [1.807, 2.05) is 76.9 Å². The molecule has 0 radical (unpaired) electrons. The predicted molar refractivity (Wildman–Crippen MR) is 229 cm³/mol. The van der Waals surface area contributed by atoms with Crippen molar-refractivity contribution in [2.75, 3.05) is 53.6 Å². The Bertz CT molecular complexity index is 1640. The maximum Gasteiger partial charge on any atom is 0.306 e. The van der Waals surface area contributed by atoms with Gasteiger partial charge in [0.25, 0.3) is 5.91 Å². The van der Waals surface area contributed by atoms with Crippen LogP contribution in [-0.2, 0) is 35.1 Å². The van der Waals surface area contributed by atoms with Gasteiger partial charge in [0.1, 0.15) is 16.7 Å². The van der Waals surface area contributed by atoms with Crippen molar-refractivity contribution in [3.8, 4) is 0 Å². The molecule has 0 saturated carbocycles. The number of benzene rings is 1. The summed E-state index contributed by atoms with van der Waals surface area (Å²) in [6, 6.07) is 7.23. The Hall–Kier alpha value is -3.96. The van der Waals surface area contributed by atoms with Crippen molar-refractivity contribution in [3.05, 3.63) is 52.0 Å². The van der Waals surface area contributed by atoms with Gasteiger partial charge in [0.15, 0.2) is 0 Å². The molecule has 15 nitrogen and oxygen atoms in total. The molecule has 1 fully saturated rings. The minimum absolute atomic E-state index is 0.0610. The van der Waals surface area contributed by atoms with Gasteiger partial charge in [-0.1, -0.05) is 71.4 Å². The molecule has 0 aliphatic carbocycles. The van der Waals surface area contributed by atoms with Gasteiger partial charge in [-0.3, -0.25) is 28.9 Å². The molecule has 3 rings (SSSR count). The van der Waals surface area contributed by atoms with Crippen LogP contribution in [0.5, 0.6) is 0 Å². The molecular formula is C43H69N7O8S. The smallest absolute Gasteiger partial charge is 0.306 e. The average molecular weight is 844 g/mol. The van der Waals surface area contributed by atoms with E-state index in [1.165, 1.54) is 11.3 Å². The number of carbonyl (C=O) groups is 5. The average Bonchev–Trinajstić information content (AvgIpc) is 3.84. The zero-order valence-corrected chi connectivity index (χ0v) is 37.1. The minimum atomic E-state index is -0.950. The highest BCUT2D eigenvalue weighted by atomic mass is 32.1. The number of hydrogen-bond donors (Lipinski definition) is 5. The second-order valence-corrected chi connectivity index (χ2v) is 17.3. The molecule has 0 unspecified atom stereocenters. The molecule has 1 aromatic carbocycles. The second kappa shape index (κ2) is 24.3. The number of carbonyl (C=O) groups excluding carboxylic acids is 4. The Labute approximate surface area is 354 Å². The molecule has 1 aliphatic heterocycles. The number of aromatic nitrogens is 1. The van der Waals surface area contributed by atoms with Gasteiger partial charge < -0.3 is 41.2 Å². The maximum absolute atomic E-state index is 14.5. The van der Waals surface area contributed by atoms with Gasteiger partial charge in [-0.2, -0.15) is 0 Å². The number of nitrogens with one attached hydrogen (secondary N) is 3. The highest BCUT2D eigenvalue weighted by Gasteiger charge is 2.44. The fourth-order valence-corrected chi connectivity index (χ4v) is 8.22. The molecule has 2 heterocycles. The van der Waals surface area contributed by atoms with Gasteiger partial charge in [0, 0.05) is 37.5 Å². The number of nitrogens with zero attached hydrogens (tertiary/aromatic N) is 3. The topological polar surface area (TPSA) is 206 Å². The Kier molecular flexibility index (Phi) is 20.4. The first kappa shape index (κ1) is 49.4. The Morgan fingerprint density at radius 1 is 1.00 bits per heavy atom. The number of thiazole rings is 1. The number of rotatable bonds is 26. The fourth-order valence-electron chi connectivity index (χ4n) is 7.36. The summed E-state index contributed by atoms with van der Waals surface area (Å²) in [5.41, 5.74) is 5.86. The highest BCUT2D eigenvalue weighted by Crippen LogP contribution is 2.30. The largest absolute Gasteiger partial charge is 0.481 e. The van der Waals surface area contributed by atoms with E-state index in [9.17, 15) is 29.1 Å². The maximum atomic E-state index is 14.5. The van der Waals surface area contributed by atoms with Crippen molar-refractivity contribution >= 4 is 40.9 Å². The number of hydrogen-bond acceptors (Lipinski definition) is 11. The Balaban J connectivity index is 1.87. The van der Waals surface area contributed by atoms with Crippen molar-refractivity contribution in [1.29, 1.82) is 0 Å². The van der Waals surface area contributed by atoms with Crippen LogP contribution in [0.3, 0.4) is 0 Å². The molecule has 4 amide bonds. The quantitative estimate of drug-likeness (QED) is 0.0856. The number of ether oxygens (including phenoxy) is 2. The van der Waals surface area contributed by atoms with Gasteiger partial charge in [-0.05, 0) is 70.0 Å². The highest BCUT2D eigenvalue weighted by molar-refractivity contribution is 7.09. The lowest BCUT2D eigenvalue weighted by molar-refractivity contribution is -0.142. The van der Waals surface area contributed by atoms with Crippen LogP contribution in [0.15, 0.2) is 35.7 Å². The van der Waals surface area contributed by atoms with E-state index in [-0.39, 0.29) is 61.1 Å². The van der Waals surface area contributed by atoms with Crippen molar-refractivity contribution in [1.82, 2.24) is 30.7 Å².